The van der Waals surface area contributed by atoms with Crippen LogP contribution in [0.5, 0.6) is 0 Å². The summed E-state index contributed by atoms with van der Waals surface area (Å²) in [5, 5.41) is 18.3. The number of ether oxygens (including phenoxy) is 2. The Hall–Kier alpha value is -2.62. The first kappa shape index (κ1) is 53.4. The molecular formula is C46H77O9P. The van der Waals surface area contributed by atoms with E-state index in [2.05, 4.69) is 111 Å². The third kappa shape index (κ3) is 41.0. The number of esters is 1. The molecule has 10 heteroatoms. The highest BCUT2D eigenvalue weighted by Crippen LogP contribution is 2.43. The molecule has 56 heavy (non-hydrogen) atoms. The van der Waals surface area contributed by atoms with Crippen LogP contribution < -0.4 is 0 Å². The van der Waals surface area contributed by atoms with Gasteiger partial charge < -0.3 is 24.6 Å². The molecule has 0 aromatic rings. The monoisotopic (exact) mass is 805 g/mol. The number of unbranched alkanes of at least 4 members (excludes halogenated alkanes) is 9. The first-order valence-electron chi connectivity index (χ1n) is 21.2. The van der Waals surface area contributed by atoms with Crippen LogP contribution >= 0.6 is 7.82 Å². The molecule has 0 spiro atoms. The third-order valence-electron chi connectivity index (χ3n) is 8.27. The van der Waals surface area contributed by atoms with E-state index in [0.717, 1.165) is 96.3 Å². The number of phosphoric ester groups is 1. The van der Waals surface area contributed by atoms with Crippen LogP contribution in [0.4, 0.5) is 0 Å². The molecule has 0 amide bonds. The van der Waals surface area contributed by atoms with E-state index < -0.39 is 45.8 Å². The summed E-state index contributed by atoms with van der Waals surface area (Å²) in [5.41, 5.74) is 0. The second kappa shape index (κ2) is 42.0. The second-order valence-electron chi connectivity index (χ2n) is 13.6. The molecule has 0 aliphatic rings. The lowest BCUT2D eigenvalue weighted by Crippen LogP contribution is -2.29. The Labute approximate surface area is 340 Å². The van der Waals surface area contributed by atoms with Gasteiger partial charge in [-0.2, -0.15) is 0 Å². The number of phosphoric acid groups is 1. The van der Waals surface area contributed by atoms with Gasteiger partial charge >= 0.3 is 13.8 Å². The molecule has 3 atom stereocenters. The lowest BCUT2D eigenvalue weighted by molar-refractivity contribution is -0.154. The number of rotatable bonds is 39. The third-order valence-corrected chi connectivity index (χ3v) is 9.22. The van der Waals surface area contributed by atoms with Gasteiger partial charge in [0.05, 0.1) is 26.4 Å². The largest absolute Gasteiger partial charge is 0.472 e. The summed E-state index contributed by atoms with van der Waals surface area (Å²) in [4.78, 5) is 22.6. The number of allylic oxidation sites excluding steroid dienone is 16. The van der Waals surface area contributed by atoms with Crippen LogP contribution in [0.15, 0.2) is 97.2 Å². The van der Waals surface area contributed by atoms with E-state index in [9.17, 15) is 19.4 Å². The van der Waals surface area contributed by atoms with Crippen molar-refractivity contribution in [3.63, 3.8) is 0 Å². The van der Waals surface area contributed by atoms with Gasteiger partial charge in [-0.15, -0.1) is 0 Å². The average Bonchev–Trinajstić information content (AvgIpc) is 3.19. The van der Waals surface area contributed by atoms with Crippen molar-refractivity contribution in [1.29, 1.82) is 0 Å². The lowest BCUT2D eigenvalue weighted by Gasteiger charge is -2.20. The Morgan fingerprint density at radius 2 is 0.964 bits per heavy atom. The van der Waals surface area contributed by atoms with Crippen molar-refractivity contribution in [1.82, 2.24) is 0 Å². The van der Waals surface area contributed by atoms with Gasteiger partial charge in [-0.1, -0.05) is 143 Å². The van der Waals surface area contributed by atoms with Gasteiger partial charge in [0.15, 0.2) is 0 Å². The number of hydrogen-bond acceptors (Lipinski definition) is 8. The maximum absolute atomic E-state index is 12.6. The van der Waals surface area contributed by atoms with Crippen molar-refractivity contribution in [2.45, 2.75) is 154 Å². The van der Waals surface area contributed by atoms with Crippen molar-refractivity contribution in [3.05, 3.63) is 97.2 Å². The van der Waals surface area contributed by atoms with E-state index in [-0.39, 0.29) is 13.0 Å². The molecule has 0 saturated carbocycles. The van der Waals surface area contributed by atoms with Crippen LogP contribution in [0, 0.1) is 0 Å². The average molecular weight is 805 g/mol. The first-order chi connectivity index (χ1) is 27.3. The van der Waals surface area contributed by atoms with Crippen LogP contribution in [0.3, 0.4) is 0 Å². The molecule has 0 aromatic heterocycles. The predicted octanol–water partition coefficient (Wildman–Crippen LogP) is 11.7. The van der Waals surface area contributed by atoms with Gasteiger partial charge in [-0.05, 0) is 89.9 Å². The number of carbonyl (C=O) groups is 1. The molecule has 320 valence electrons. The molecular weight excluding hydrogens is 727 g/mol. The van der Waals surface area contributed by atoms with Gasteiger partial charge in [0.25, 0.3) is 0 Å². The van der Waals surface area contributed by atoms with Crippen LogP contribution in [0.1, 0.15) is 142 Å². The fraction of sp³-hybridized carbons (Fsp3) is 0.630. The molecule has 3 N–H and O–H groups in total. The van der Waals surface area contributed by atoms with Crippen molar-refractivity contribution in [2.24, 2.45) is 0 Å². The standard InChI is InChI=1S/C46H77O9P/c1-3-5-7-9-11-13-15-17-19-21-22-23-24-26-28-30-32-34-36-38-46(49)55-45(43-54-56(50,51)53-41-44(48)40-47)42-52-39-37-35-33-31-29-27-25-20-18-16-14-12-10-8-6-4-2/h5-8,11-14,17-20,22-23,26,28,44-45,47-48H,3-4,9-10,15-16,21,24-25,27,29-43H2,1-2H3,(H,50,51)/b7-5-,8-6-,13-11-,14-12-,19-17-,20-18-,23-22-,28-26-. The normalized spacial score (nSPS) is 15.0. The second-order valence-corrected chi connectivity index (χ2v) is 15.0. The Balaban J connectivity index is 4.31. The highest BCUT2D eigenvalue weighted by atomic mass is 31.2. The minimum Gasteiger partial charge on any atom is -0.457 e. The summed E-state index contributed by atoms with van der Waals surface area (Å²) in [6, 6.07) is 0. The highest BCUT2D eigenvalue weighted by molar-refractivity contribution is 7.47. The summed E-state index contributed by atoms with van der Waals surface area (Å²) in [6.45, 7) is 3.18. The Bertz CT molecular complexity index is 1190. The van der Waals surface area contributed by atoms with Gasteiger partial charge in [-0.3, -0.25) is 13.8 Å². The quantitative estimate of drug-likeness (QED) is 0.0240. The molecule has 0 fully saturated rings. The Morgan fingerprint density at radius 3 is 1.45 bits per heavy atom. The molecule has 0 heterocycles. The van der Waals surface area contributed by atoms with Gasteiger partial charge in [0, 0.05) is 13.0 Å². The zero-order valence-corrected chi connectivity index (χ0v) is 35.7. The van der Waals surface area contributed by atoms with Gasteiger partial charge in [-0.25, -0.2) is 4.57 Å². The molecule has 0 aliphatic carbocycles. The smallest absolute Gasteiger partial charge is 0.457 e. The lowest BCUT2D eigenvalue weighted by atomic mass is 10.1. The molecule has 3 unspecified atom stereocenters. The van der Waals surface area contributed by atoms with Gasteiger partial charge in [0.2, 0.25) is 0 Å². The molecule has 0 bridgehead atoms. The number of carbonyl (C=O) groups excluding carboxylic acids is 1. The highest BCUT2D eigenvalue weighted by Gasteiger charge is 2.26. The van der Waals surface area contributed by atoms with Crippen LogP contribution in [-0.4, -0.2) is 66.3 Å². The van der Waals surface area contributed by atoms with E-state index in [1.807, 2.05) is 0 Å². The summed E-state index contributed by atoms with van der Waals surface area (Å²) < 4.78 is 33.3. The molecule has 0 radical (unpaired) electrons. The zero-order chi connectivity index (χ0) is 41.1. The Kier molecular flexibility index (Phi) is 40.0. The fourth-order valence-electron chi connectivity index (χ4n) is 5.10. The van der Waals surface area contributed by atoms with Crippen molar-refractivity contribution in [2.75, 3.05) is 33.0 Å². The minimum absolute atomic E-state index is 0.0199. The summed E-state index contributed by atoms with van der Waals surface area (Å²) >= 11 is 0. The number of aliphatic hydroxyl groups excluding tert-OH is 2. The SMILES string of the molecule is CC/C=C\C/C=C\C/C=C\C/C=C\C/C=C\CCCCCC(=O)OC(COCCCCCCCC/C=C\C/C=C\C/C=C\CC)COP(=O)(O)OCC(O)CO. The van der Waals surface area contributed by atoms with Crippen molar-refractivity contribution >= 4 is 13.8 Å². The molecule has 0 aliphatic heterocycles. The van der Waals surface area contributed by atoms with Crippen molar-refractivity contribution < 1.29 is 43.0 Å². The van der Waals surface area contributed by atoms with Crippen LogP contribution in [-0.2, 0) is 27.9 Å². The maximum Gasteiger partial charge on any atom is 0.472 e. The first-order valence-corrected chi connectivity index (χ1v) is 22.7. The Morgan fingerprint density at radius 1 is 0.554 bits per heavy atom. The topological polar surface area (TPSA) is 132 Å². The molecule has 0 saturated heterocycles. The summed E-state index contributed by atoms with van der Waals surface area (Å²) in [5.74, 6) is -0.424. The molecule has 0 rings (SSSR count). The summed E-state index contributed by atoms with van der Waals surface area (Å²) in [7, 11) is -4.54. The van der Waals surface area contributed by atoms with E-state index >= 15 is 0 Å². The van der Waals surface area contributed by atoms with E-state index in [4.69, 9.17) is 23.6 Å². The van der Waals surface area contributed by atoms with Crippen LogP contribution in [0.2, 0.25) is 0 Å². The van der Waals surface area contributed by atoms with E-state index in [0.29, 0.717) is 13.0 Å². The minimum atomic E-state index is -4.54. The van der Waals surface area contributed by atoms with E-state index in [1.54, 1.807) is 0 Å². The van der Waals surface area contributed by atoms with E-state index in [1.165, 1.54) is 19.3 Å². The van der Waals surface area contributed by atoms with Crippen LogP contribution in [0.25, 0.3) is 0 Å². The molecule has 0 aromatic carbocycles. The molecule has 9 nitrogen and oxygen atoms in total. The number of hydrogen-bond donors (Lipinski definition) is 3. The predicted molar refractivity (Wildman–Crippen MR) is 232 cm³/mol. The number of aliphatic hydroxyl groups is 2. The van der Waals surface area contributed by atoms with Crippen molar-refractivity contribution in [3.8, 4) is 0 Å². The maximum atomic E-state index is 12.6. The fourth-order valence-corrected chi connectivity index (χ4v) is 5.89. The summed E-state index contributed by atoms with van der Waals surface area (Å²) in [6.07, 6.45) is 52.2. The van der Waals surface area contributed by atoms with Gasteiger partial charge in [0.1, 0.15) is 12.2 Å². The zero-order valence-electron chi connectivity index (χ0n) is 34.8.